The minimum atomic E-state index is -0.798. The highest BCUT2D eigenvalue weighted by atomic mass is 16.4. The Hall–Kier alpha value is -0.610. The summed E-state index contributed by atoms with van der Waals surface area (Å²) in [6, 6.07) is 0. The van der Waals surface area contributed by atoms with E-state index in [2.05, 4.69) is 5.32 Å². The molecule has 1 heterocycles. The lowest BCUT2D eigenvalue weighted by Gasteiger charge is -2.23. The topological polar surface area (TPSA) is 69.6 Å². The molecule has 0 radical (unpaired) electrons. The van der Waals surface area contributed by atoms with Gasteiger partial charge < -0.3 is 15.5 Å². The van der Waals surface area contributed by atoms with Crippen LogP contribution in [0.25, 0.3) is 0 Å². The van der Waals surface area contributed by atoms with E-state index < -0.39 is 17.5 Å². The smallest absolute Gasteiger partial charge is 0.311 e. The highest BCUT2D eigenvalue weighted by Gasteiger charge is 2.41. The lowest BCUT2D eigenvalue weighted by molar-refractivity contribution is -0.149. The molecule has 0 spiro atoms. The largest absolute Gasteiger partial charge is 0.481 e. The zero-order valence-corrected chi connectivity index (χ0v) is 7.21. The molecule has 70 valence electrons. The first-order chi connectivity index (χ1) is 5.57. The second-order valence-electron chi connectivity index (χ2n) is 3.57. The van der Waals surface area contributed by atoms with Gasteiger partial charge >= 0.3 is 5.97 Å². The fourth-order valence-electron chi connectivity index (χ4n) is 1.75. The van der Waals surface area contributed by atoms with Gasteiger partial charge in [-0.25, -0.2) is 0 Å². The molecule has 2 atom stereocenters. The predicted octanol–water partition coefficient (Wildman–Crippen LogP) is -0.178. The van der Waals surface area contributed by atoms with E-state index >= 15 is 0 Å². The van der Waals surface area contributed by atoms with Gasteiger partial charge in [-0.15, -0.1) is 0 Å². The molecule has 0 aromatic carbocycles. The summed E-state index contributed by atoms with van der Waals surface area (Å²) in [6.07, 6.45) is 0.420. The third-order valence-electron chi connectivity index (χ3n) is 2.38. The zero-order valence-electron chi connectivity index (χ0n) is 7.21. The van der Waals surface area contributed by atoms with Crippen LogP contribution in [0, 0.1) is 5.41 Å². The number of carboxylic acid groups (broad SMARTS) is 1. The van der Waals surface area contributed by atoms with Gasteiger partial charge in [0.2, 0.25) is 0 Å². The Morgan fingerprint density at radius 2 is 2.42 bits per heavy atom. The number of nitrogens with one attached hydrogen (secondary N) is 1. The van der Waals surface area contributed by atoms with Gasteiger partial charge in [-0.05, 0) is 26.3 Å². The minimum absolute atomic E-state index is 0.343. The molecule has 0 amide bonds. The molecule has 0 aromatic heterocycles. The Morgan fingerprint density at radius 1 is 1.75 bits per heavy atom. The van der Waals surface area contributed by atoms with Crippen molar-refractivity contribution in [2.24, 2.45) is 5.41 Å². The van der Waals surface area contributed by atoms with Crippen molar-refractivity contribution in [2.45, 2.75) is 25.9 Å². The molecular formula is C8H15NO3. The lowest BCUT2D eigenvalue weighted by atomic mass is 9.82. The van der Waals surface area contributed by atoms with Gasteiger partial charge in [-0.2, -0.15) is 0 Å². The van der Waals surface area contributed by atoms with Gasteiger partial charge in [0, 0.05) is 6.54 Å². The Morgan fingerprint density at radius 3 is 2.75 bits per heavy atom. The average Bonchev–Trinajstić information content (AvgIpc) is 2.35. The molecular weight excluding hydrogens is 158 g/mol. The molecule has 0 saturated carbocycles. The third kappa shape index (κ3) is 1.76. The normalized spacial score (nSPS) is 31.8. The molecule has 1 aliphatic heterocycles. The predicted molar refractivity (Wildman–Crippen MR) is 43.9 cm³/mol. The van der Waals surface area contributed by atoms with Gasteiger partial charge in [0.25, 0.3) is 0 Å². The van der Waals surface area contributed by atoms with Gasteiger partial charge in [0.1, 0.15) is 0 Å². The molecule has 0 bridgehead atoms. The summed E-state index contributed by atoms with van der Waals surface area (Å²) in [5, 5.41) is 21.1. The van der Waals surface area contributed by atoms with Crippen molar-refractivity contribution in [3.05, 3.63) is 0 Å². The molecule has 2 unspecified atom stereocenters. The fraction of sp³-hybridized carbons (Fsp3) is 0.875. The summed E-state index contributed by atoms with van der Waals surface area (Å²) in [7, 11) is 0. The molecule has 4 nitrogen and oxygen atoms in total. The summed E-state index contributed by atoms with van der Waals surface area (Å²) < 4.78 is 0. The van der Waals surface area contributed by atoms with E-state index in [4.69, 9.17) is 10.2 Å². The number of aliphatic hydroxyl groups is 1. The Kier molecular flexibility index (Phi) is 2.69. The molecule has 0 aromatic rings. The molecule has 1 saturated heterocycles. The van der Waals surface area contributed by atoms with Crippen molar-refractivity contribution in [1.29, 1.82) is 0 Å². The van der Waals surface area contributed by atoms with Gasteiger partial charge in [0.15, 0.2) is 0 Å². The molecule has 1 rings (SSSR count). The van der Waals surface area contributed by atoms with Crippen LogP contribution < -0.4 is 5.32 Å². The molecule has 1 fully saturated rings. The van der Waals surface area contributed by atoms with Gasteiger partial charge in [-0.3, -0.25) is 4.79 Å². The van der Waals surface area contributed by atoms with Crippen LogP contribution in [0.5, 0.6) is 0 Å². The van der Waals surface area contributed by atoms with Gasteiger partial charge in [-0.1, -0.05) is 0 Å². The van der Waals surface area contributed by atoms with Crippen LogP contribution in [0.2, 0.25) is 0 Å². The fourth-order valence-corrected chi connectivity index (χ4v) is 1.75. The lowest BCUT2D eigenvalue weighted by Crippen LogP contribution is -2.36. The number of rotatable bonds is 3. The van der Waals surface area contributed by atoms with E-state index in [1.54, 1.807) is 6.92 Å². The Bertz CT molecular complexity index is 173. The van der Waals surface area contributed by atoms with Crippen molar-refractivity contribution in [2.75, 3.05) is 13.1 Å². The zero-order chi connectivity index (χ0) is 9.19. The molecule has 1 aliphatic rings. The first kappa shape index (κ1) is 9.48. The Labute approximate surface area is 71.6 Å². The third-order valence-corrected chi connectivity index (χ3v) is 2.38. The molecule has 0 aliphatic carbocycles. The maximum Gasteiger partial charge on any atom is 0.311 e. The maximum atomic E-state index is 10.9. The van der Waals surface area contributed by atoms with Crippen molar-refractivity contribution < 1.29 is 15.0 Å². The maximum absolute atomic E-state index is 10.9. The highest BCUT2D eigenvalue weighted by Crippen LogP contribution is 2.31. The summed E-state index contributed by atoms with van der Waals surface area (Å²) >= 11 is 0. The number of carboxylic acids is 1. The first-order valence-corrected chi connectivity index (χ1v) is 4.19. The highest BCUT2D eigenvalue weighted by molar-refractivity contribution is 5.75. The van der Waals surface area contributed by atoms with E-state index in [0.717, 1.165) is 6.54 Å². The standard InChI is InChI=1S/C8H15NO3/c1-6(10)4-8(7(11)12)2-3-9-5-8/h6,9-10H,2-5H2,1H3,(H,11,12). The molecule has 3 N–H and O–H groups in total. The van der Waals surface area contributed by atoms with E-state index in [1.165, 1.54) is 0 Å². The SMILES string of the molecule is CC(O)CC1(C(=O)O)CCNC1. The van der Waals surface area contributed by atoms with E-state index in [9.17, 15) is 4.79 Å². The summed E-state index contributed by atoms with van der Waals surface area (Å²) in [5.74, 6) is -0.798. The first-order valence-electron chi connectivity index (χ1n) is 4.19. The van der Waals surface area contributed by atoms with Crippen LogP contribution in [-0.4, -0.2) is 35.4 Å². The molecule has 12 heavy (non-hydrogen) atoms. The van der Waals surface area contributed by atoms with Crippen molar-refractivity contribution >= 4 is 5.97 Å². The van der Waals surface area contributed by atoms with Crippen LogP contribution in [0.15, 0.2) is 0 Å². The average molecular weight is 173 g/mol. The van der Waals surface area contributed by atoms with Crippen LogP contribution >= 0.6 is 0 Å². The van der Waals surface area contributed by atoms with Crippen LogP contribution in [0.3, 0.4) is 0 Å². The summed E-state index contributed by atoms with van der Waals surface area (Å²) in [6.45, 7) is 2.84. The monoisotopic (exact) mass is 173 g/mol. The second kappa shape index (κ2) is 3.41. The van der Waals surface area contributed by atoms with E-state index in [0.29, 0.717) is 19.4 Å². The summed E-state index contributed by atoms with van der Waals surface area (Å²) in [5.41, 5.74) is -0.728. The number of aliphatic hydroxyl groups excluding tert-OH is 1. The number of aliphatic carboxylic acids is 1. The van der Waals surface area contributed by atoms with Crippen molar-refractivity contribution in [1.82, 2.24) is 5.32 Å². The second-order valence-corrected chi connectivity index (χ2v) is 3.57. The summed E-state index contributed by atoms with van der Waals surface area (Å²) in [4.78, 5) is 10.9. The van der Waals surface area contributed by atoms with Crippen molar-refractivity contribution in [3.8, 4) is 0 Å². The van der Waals surface area contributed by atoms with E-state index in [1.807, 2.05) is 0 Å². The van der Waals surface area contributed by atoms with Crippen molar-refractivity contribution in [3.63, 3.8) is 0 Å². The Balaban J connectivity index is 2.65. The van der Waals surface area contributed by atoms with Gasteiger partial charge in [0.05, 0.1) is 11.5 Å². The van der Waals surface area contributed by atoms with Crippen LogP contribution in [-0.2, 0) is 4.79 Å². The van der Waals surface area contributed by atoms with Crippen LogP contribution in [0.1, 0.15) is 19.8 Å². The number of carbonyl (C=O) groups is 1. The number of hydrogen-bond donors (Lipinski definition) is 3. The minimum Gasteiger partial charge on any atom is -0.481 e. The quantitative estimate of drug-likeness (QED) is 0.554. The van der Waals surface area contributed by atoms with Crippen LogP contribution in [0.4, 0.5) is 0 Å². The molecule has 4 heteroatoms. The number of hydrogen-bond acceptors (Lipinski definition) is 3. The van der Waals surface area contributed by atoms with E-state index in [-0.39, 0.29) is 0 Å².